The van der Waals surface area contributed by atoms with Crippen LogP contribution in [-0.2, 0) is 0 Å². The van der Waals surface area contributed by atoms with Crippen LogP contribution in [0.3, 0.4) is 0 Å². The highest BCUT2D eigenvalue weighted by atomic mass is 32.2. The lowest BCUT2D eigenvalue weighted by molar-refractivity contribution is 0.756. The van der Waals surface area contributed by atoms with E-state index in [-0.39, 0.29) is 0 Å². The highest BCUT2D eigenvalue weighted by molar-refractivity contribution is 7.98. The molecule has 0 aromatic carbocycles. The van der Waals surface area contributed by atoms with Crippen molar-refractivity contribution in [2.75, 3.05) is 24.0 Å². The molecular weight excluding hydrogens is 222 g/mol. The lowest BCUT2D eigenvalue weighted by atomic mass is 10.4. The fraction of sp³-hybridized carbons (Fsp3) is 0.714. The molecule has 74 valence electrons. The summed E-state index contributed by atoms with van der Waals surface area (Å²) in [5.74, 6) is 1.10. The van der Waals surface area contributed by atoms with E-state index in [0.29, 0.717) is 6.04 Å². The van der Waals surface area contributed by atoms with Gasteiger partial charge in [-0.1, -0.05) is 11.3 Å². The average Bonchev–Trinajstić information content (AvgIpc) is 2.51. The molecular formula is C7H13N3S3. The minimum atomic E-state index is 0.490. The van der Waals surface area contributed by atoms with E-state index < -0.39 is 0 Å². The smallest absolute Gasteiger partial charge is 0.206 e. The van der Waals surface area contributed by atoms with Crippen molar-refractivity contribution >= 4 is 40.4 Å². The third-order valence-electron chi connectivity index (χ3n) is 1.80. The summed E-state index contributed by atoms with van der Waals surface area (Å²) in [6.07, 6.45) is 2.11. The molecule has 1 aromatic heterocycles. The predicted molar refractivity (Wildman–Crippen MR) is 63.5 cm³/mol. The fourth-order valence-corrected chi connectivity index (χ4v) is 2.56. The molecule has 0 bridgehead atoms. The SMILES string of the molecule is CSCC(C)N(C)c1n[nH]c(=S)s1. The van der Waals surface area contributed by atoms with Gasteiger partial charge in [-0.25, -0.2) is 0 Å². The van der Waals surface area contributed by atoms with E-state index >= 15 is 0 Å². The molecule has 0 fully saturated rings. The number of nitrogens with one attached hydrogen (secondary N) is 1. The fourth-order valence-electron chi connectivity index (χ4n) is 0.914. The zero-order chi connectivity index (χ0) is 9.84. The van der Waals surface area contributed by atoms with Crippen LogP contribution in [-0.4, -0.2) is 35.3 Å². The molecule has 0 saturated carbocycles. The van der Waals surface area contributed by atoms with E-state index in [0.717, 1.165) is 14.8 Å². The van der Waals surface area contributed by atoms with Crippen molar-refractivity contribution in [3.8, 4) is 0 Å². The molecule has 0 spiro atoms. The molecule has 1 aromatic rings. The van der Waals surface area contributed by atoms with Gasteiger partial charge >= 0.3 is 0 Å². The minimum Gasteiger partial charge on any atom is -0.346 e. The lowest BCUT2D eigenvalue weighted by Gasteiger charge is -2.22. The summed E-state index contributed by atoms with van der Waals surface area (Å²) in [5.41, 5.74) is 0. The van der Waals surface area contributed by atoms with Crippen molar-refractivity contribution in [3.63, 3.8) is 0 Å². The number of nitrogens with zero attached hydrogens (tertiary/aromatic N) is 2. The maximum absolute atomic E-state index is 4.97. The normalized spacial score (nSPS) is 12.8. The number of hydrogen-bond donors (Lipinski definition) is 1. The van der Waals surface area contributed by atoms with Crippen molar-refractivity contribution < 1.29 is 0 Å². The Morgan fingerprint density at radius 1 is 1.77 bits per heavy atom. The highest BCUT2D eigenvalue weighted by Crippen LogP contribution is 2.19. The summed E-state index contributed by atoms with van der Waals surface area (Å²) < 4.78 is 0.734. The van der Waals surface area contributed by atoms with Gasteiger partial charge in [-0.15, -0.1) is 5.10 Å². The number of thioether (sulfide) groups is 1. The largest absolute Gasteiger partial charge is 0.346 e. The minimum absolute atomic E-state index is 0.490. The van der Waals surface area contributed by atoms with Gasteiger partial charge in [0.25, 0.3) is 0 Å². The summed E-state index contributed by atoms with van der Waals surface area (Å²) in [7, 11) is 2.04. The Hall–Kier alpha value is -0.0700. The lowest BCUT2D eigenvalue weighted by Crippen LogP contribution is -2.30. The Morgan fingerprint density at radius 2 is 2.46 bits per heavy atom. The maximum atomic E-state index is 4.97. The van der Waals surface area contributed by atoms with Crippen molar-refractivity contribution in [3.05, 3.63) is 3.95 Å². The molecule has 0 aliphatic heterocycles. The van der Waals surface area contributed by atoms with Crippen molar-refractivity contribution in [2.45, 2.75) is 13.0 Å². The number of aromatic amines is 1. The van der Waals surface area contributed by atoms with Gasteiger partial charge < -0.3 is 4.90 Å². The van der Waals surface area contributed by atoms with Crippen molar-refractivity contribution in [1.82, 2.24) is 10.2 Å². The van der Waals surface area contributed by atoms with Crippen LogP contribution >= 0.6 is 35.3 Å². The summed E-state index contributed by atoms with van der Waals surface area (Å²) in [6.45, 7) is 2.18. The molecule has 1 rings (SSSR count). The first kappa shape index (κ1) is 11.0. The van der Waals surface area contributed by atoms with Crippen LogP contribution in [0.15, 0.2) is 0 Å². The van der Waals surface area contributed by atoms with Gasteiger partial charge in [-0.05, 0) is 25.4 Å². The maximum Gasteiger partial charge on any atom is 0.206 e. The van der Waals surface area contributed by atoms with Gasteiger partial charge in [0.15, 0.2) is 3.95 Å². The van der Waals surface area contributed by atoms with E-state index in [4.69, 9.17) is 12.2 Å². The molecule has 13 heavy (non-hydrogen) atoms. The van der Waals surface area contributed by atoms with Gasteiger partial charge in [0.2, 0.25) is 5.13 Å². The van der Waals surface area contributed by atoms with Gasteiger partial charge in [0, 0.05) is 18.8 Å². The number of aromatic nitrogens is 2. The first-order chi connectivity index (χ1) is 6.15. The Balaban J connectivity index is 2.67. The summed E-state index contributed by atoms with van der Waals surface area (Å²) in [5, 5.41) is 7.87. The second kappa shape index (κ2) is 4.97. The Kier molecular flexibility index (Phi) is 4.21. The zero-order valence-electron chi connectivity index (χ0n) is 7.90. The summed E-state index contributed by atoms with van der Waals surface area (Å²) in [6, 6.07) is 0.490. The monoisotopic (exact) mass is 235 g/mol. The highest BCUT2D eigenvalue weighted by Gasteiger charge is 2.11. The number of hydrogen-bond acceptors (Lipinski definition) is 5. The van der Waals surface area contributed by atoms with E-state index in [2.05, 4.69) is 28.3 Å². The predicted octanol–water partition coefficient (Wildman–Crippen LogP) is 2.39. The standard InChI is InChI=1S/C7H13N3S3/c1-5(4-12-3)10(2)6-8-9-7(11)13-6/h5H,4H2,1-3H3,(H,9,11). The topological polar surface area (TPSA) is 31.9 Å². The first-order valence-corrected chi connectivity index (χ1v) is 6.54. The number of rotatable bonds is 4. The molecule has 1 N–H and O–H groups in total. The van der Waals surface area contributed by atoms with Crippen LogP contribution in [0.1, 0.15) is 6.92 Å². The molecule has 1 heterocycles. The van der Waals surface area contributed by atoms with Crippen molar-refractivity contribution in [2.24, 2.45) is 0 Å². The molecule has 0 amide bonds. The second-order valence-corrected chi connectivity index (χ2v) is 5.37. The molecule has 1 atom stereocenters. The Morgan fingerprint density at radius 3 is 2.92 bits per heavy atom. The molecule has 0 aliphatic carbocycles. The van der Waals surface area contributed by atoms with Crippen LogP contribution in [0.2, 0.25) is 0 Å². The van der Waals surface area contributed by atoms with Gasteiger partial charge in [0.05, 0.1) is 0 Å². The van der Waals surface area contributed by atoms with E-state index in [9.17, 15) is 0 Å². The van der Waals surface area contributed by atoms with E-state index in [1.165, 1.54) is 11.3 Å². The Bertz CT molecular complexity index is 306. The van der Waals surface area contributed by atoms with Gasteiger partial charge in [-0.3, -0.25) is 5.10 Å². The van der Waals surface area contributed by atoms with Crippen LogP contribution in [0.25, 0.3) is 0 Å². The first-order valence-electron chi connectivity index (χ1n) is 3.92. The second-order valence-electron chi connectivity index (χ2n) is 2.81. The van der Waals surface area contributed by atoms with Crippen LogP contribution in [0, 0.1) is 3.95 Å². The quantitative estimate of drug-likeness (QED) is 0.812. The summed E-state index contributed by atoms with van der Waals surface area (Å²) >= 11 is 8.33. The van der Waals surface area contributed by atoms with Crippen LogP contribution < -0.4 is 4.90 Å². The van der Waals surface area contributed by atoms with E-state index in [1.807, 2.05) is 18.8 Å². The van der Waals surface area contributed by atoms with Crippen LogP contribution in [0.5, 0.6) is 0 Å². The zero-order valence-corrected chi connectivity index (χ0v) is 10.4. The Labute approximate surface area is 91.5 Å². The number of anilines is 1. The summed E-state index contributed by atoms with van der Waals surface area (Å²) in [4.78, 5) is 2.15. The van der Waals surface area contributed by atoms with Gasteiger partial charge in [0.1, 0.15) is 0 Å². The van der Waals surface area contributed by atoms with Crippen LogP contribution in [0.4, 0.5) is 5.13 Å². The average molecular weight is 235 g/mol. The molecule has 0 saturated heterocycles. The molecule has 1 unspecified atom stereocenters. The number of H-pyrrole nitrogens is 1. The molecule has 3 nitrogen and oxygen atoms in total. The third kappa shape index (κ3) is 2.96. The third-order valence-corrected chi connectivity index (χ3v) is 3.79. The molecule has 0 radical (unpaired) electrons. The van der Waals surface area contributed by atoms with Gasteiger partial charge in [-0.2, -0.15) is 11.8 Å². The molecule has 0 aliphatic rings. The molecule has 6 heteroatoms. The van der Waals surface area contributed by atoms with E-state index in [1.54, 1.807) is 0 Å². The van der Waals surface area contributed by atoms with Crippen molar-refractivity contribution in [1.29, 1.82) is 0 Å².